The van der Waals surface area contributed by atoms with Crippen molar-refractivity contribution in [1.29, 1.82) is 0 Å². The van der Waals surface area contributed by atoms with E-state index < -0.39 is 54.4 Å². The third-order valence-electron chi connectivity index (χ3n) is 12.2. The van der Waals surface area contributed by atoms with Crippen LogP contribution in [-0.4, -0.2) is 98.3 Å². The Morgan fingerprint density at radius 1 is 0.974 bits per heavy atom. The van der Waals surface area contributed by atoms with Crippen molar-refractivity contribution in [2.75, 3.05) is 13.2 Å². The number of ether oxygens (including phenoxy) is 3. The molecule has 10 nitrogen and oxygen atoms in total. The lowest BCUT2D eigenvalue weighted by Gasteiger charge is -2.65. The zero-order chi connectivity index (χ0) is 27.9. The van der Waals surface area contributed by atoms with Gasteiger partial charge in [0.25, 0.3) is 0 Å². The summed E-state index contributed by atoms with van der Waals surface area (Å²) in [5.41, 5.74) is -0.966. The maximum atomic E-state index is 12.4. The van der Waals surface area contributed by atoms with Crippen molar-refractivity contribution in [3.63, 3.8) is 0 Å². The van der Waals surface area contributed by atoms with Gasteiger partial charge in [0.05, 0.1) is 24.4 Å². The summed E-state index contributed by atoms with van der Waals surface area (Å²) < 4.78 is 16.9. The Hall–Kier alpha value is -1.11. The summed E-state index contributed by atoms with van der Waals surface area (Å²) >= 11 is 0. The van der Waals surface area contributed by atoms with E-state index in [-0.39, 0.29) is 41.8 Å². The highest BCUT2D eigenvalue weighted by Crippen LogP contribution is 2.70. The molecule has 0 aromatic carbocycles. The number of fused-ring (bicyclic) bond motifs is 5. The Morgan fingerprint density at radius 3 is 2.44 bits per heavy atom. The van der Waals surface area contributed by atoms with E-state index in [9.17, 15) is 35.4 Å². The fraction of sp³-hybridized carbons (Fsp3) is 0.897. The maximum Gasteiger partial charge on any atom is 0.331 e. The third-order valence-corrected chi connectivity index (χ3v) is 12.2. The van der Waals surface area contributed by atoms with Crippen LogP contribution in [0, 0.1) is 34.5 Å². The lowest BCUT2D eigenvalue weighted by Crippen LogP contribution is -2.67. The van der Waals surface area contributed by atoms with Crippen LogP contribution in [-0.2, 0) is 19.0 Å². The van der Waals surface area contributed by atoms with Gasteiger partial charge >= 0.3 is 5.97 Å². The van der Waals surface area contributed by atoms with E-state index >= 15 is 0 Å². The van der Waals surface area contributed by atoms with E-state index in [1.807, 2.05) is 6.92 Å². The van der Waals surface area contributed by atoms with Crippen molar-refractivity contribution in [3.05, 3.63) is 11.6 Å². The van der Waals surface area contributed by atoms with Gasteiger partial charge in [-0.15, -0.1) is 0 Å². The molecule has 0 aromatic heterocycles. The molecule has 6 aliphatic rings. The molecule has 4 aliphatic carbocycles. The second-order valence-corrected chi connectivity index (χ2v) is 13.6. The molecule has 10 heteroatoms. The molecule has 0 amide bonds. The van der Waals surface area contributed by atoms with Gasteiger partial charge in [-0.1, -0.05) is 13.8 Å². The summed E-state index contributed by atoms with van der Waals surface area (Å²) in [6, 6.07) is 0. The zero-order valence-corrected chi connectivity index (χ0v) is 22.8. The van der Waals surface area contributed by atoms with Gasteiger partial charge < -0.3 is 44.8 Å². The molecule has 39 heavy (non-hydrogen) atoms. The first-order valence-electron chi connectivity index (χ1n) is 14.7. The largest absolute Gasteiger partial charge is 0.458 e. The molecule has 220 valence electrons. The molecule has 0 bridgehead atoms. The lowest BCUT2D eigenvalue weighted by molar-refractivity contribution is -0.317. The average Bonchev–Trinajstić information content (AvgIpc) is 3.46. The van der Waals surface area contributed by atoms with E-state index in [1.54, 1.807) is 6.08 Å². The molecule has 0 aromatic rings. The third kappa shape index (κ3) is 4.00. The standard InChI is InChI=1S/C29H44O10/c1-27-7-5-16(38-26-25(35)24(34)23(33)20(12-30)39-26)10-15(27)3-4-18-19(27)11-21(31)28(2)17(6-8-29(18,28)36)14-9-22(32)37-13-14/h9,15-21,23-26,30-31,33-36H,3-8,10-13H2,1-2H3/t15-,16+,17-,18-,19+,20-,21-,23-,24+,25-,26?,27+,28+,29+/m1/s1. The van der Waals surface area contributed by atoms with Gasteiger partial charge in [0.2, 0.25) is 0 Å². The van der Waals surface area contributed by atoms with E-state index in [4.69, 9.17) is 14.2 Å². The van der Waals surface area contributed by atoms with Crippen molar-refractivity contribution in [2.45, 2.75) is 114 Å². The number of rotatable bonds is 4. The van der Waals surface area contributed by atoms with Crippen LogP contribution in [0.5, 0.6) is 0 Å². The topological polar surface area (TPSA) is 166 Å². The van der Waals surface area contributed by atoms with Crippen LogP contribution in [0.15, 0.2) is 11.6 Å². The highest BCUT2D eigenvalue weighted by Gasteiger charge is 2.70. The van der Waals surface area contributed by atoms with Gasteiger partial charge in [0.1, 0.15) is 31.0 Å². The maximum absolute atomic E-state index is 12.4. The van der Waals surface area contributed by atoms with Gasteiger partial charge in [0.15, 0.2) is 6.29 Å². The summed E-state index contributed by atoms with van der Waals surface area (Å²) in [7, 11) is 0. The number of hydrogen-bond acceptors (Lipinski definition) is 10. The normalized spacial score (nSPS) is 55.3. The van der Waals surface area contributed by atoms with E-state index in [2.05, 4.69) is 6.92 Å². The summed E-state index contributed by atoms with van der Waals surface area (Å²) in [4.78, 5) is 11.8. The summed E-state index contributed by atoms with van der Waals surface area (Å²) in [6.45, 7) is 4.04. The molecule has 4 saturated carbocycles. The first-order chi connectivity index (χ1) is 18.4. The molecule has 6 rings (SSSR count). The van der Waals surface area contributed by atoms with Crippen LogP contribution >= 0.6 is 0 Å². The molecule has 2 aliphatic heterocycles. The van der Waals surface area contributed by atoms with Crippen molar-refractivity contribution in [1.82, 2.24) is 0 Å². The highest BCUT2D eigenvalue weighted by molar-refractivity contribution is 5.85. The molecule has 14 atom stereocenters. The molecule has 1 saturated heterocycles. The number of esters is 1. The van der Waals surface area contributed by atoms with Gasteiger partial charge in [-0.2, -0.15) is 0 Å². The minimum atomic E-state index is -1.47. The van der Waals surface area contributed by atoms with Crippen molar-refractivity contribution in [3.8, 4) is 0 Å². The summed E-state index contributed by atoms with van der Waals surface area (Å²) in [5.74, 6) is 0.0646. The van der Waals surface area contributed by atoms with Crippen molar-refractivity contribution >= 4 is 5.97 Å². The van der Waals surface area contributed by atoms with Crippen LogP contribution < -0.4 is 0 Å². The predicted molar refractivity (Wildman–Crippen MR) is 136 cm³/mol. The van der Waals surface area contributed by atoms with Gasteiger partial charge in [-0.3, -0.25) is 0 Å². The van der Waals surface area contributed by atoms with E-state index in [1.165, 1.54) is 0 Å². The van der Waals surface area contributed by atoms with Crippen LogP contribution in [0.1, 0.15) is 65.2 Å². The van der Waals surface area contributed by atoms with Gasteiger partial charge in [-0.05, 0) is 86.0 Å². The fourth-order valence-electron chi connectivity index (χ4n) is 9.84. The van der Waals surface area contributed by atoms with Gasteiger partial charge in [-0.25, -0.2) is 4.79 Å². The first kappa shape index (κ1) is 28.0. The molecular weight excluding hydrogens is 508 g/mol. The number of hydrogen-bond donors (Lipinski definition) is 6. The molecule has 6 N–H and O–H groups in total. The Labute approximate surface area is 229 Å². The highest BCUT2D eigenvalue weighted by atomic mass is 16.7. The van der Waals surface area contributed by atoms with Crippen molar-refractivity contribution < 1.29 is 49.6 Å². The molecule has 5 fully saturated rings. The zero-order valence-electron chi connectivity index (χ0n) is 22.8. The Balaban J connectivity index is 1.18. The number of aliphatic hydroxyl groups excluding tert-OH is 5. The SMILES string of the molecule is C[C@]12CC[C@H](OC3O[C@H](CO)[C@@H](O)[C@H](O)[C@H]3O)C[C@H]1CC[C@@H]1[C@@H]2C[C@@H](O)[C@]2(C)[C@@H](C3=CC(=O)OC3)CC[C@]12O. The van der Waals surface area contributed by atoms with Gasteiger partial charge in [0, 0.05) is 11.5 Å². The molecule has 0 radical (unpaired) electrons. The Morgan fingerprint density at radius 2 is 1.74 bits per heavy atom. The fourth-order valence-corrected chi connectivity index (χ4v) is 9.84. The van der Waals surface area contributed by atoms with Crippen LogP contribution in [0.2, 0.25) is 0 Å². The molecule has 1 unspecified atom stereocenters. The van der Waals surface area contributed by atoms with Crippen LogP contribution in [0.3, 0.4) is 0 Å². The monoisotopic (exact) mass is 552 g/mol. The first-order valence-corrected chi connectivity index (χ1v) is 14.7. The summed E-state index contributed by atoms with van der Waals surface area (Å²) in [5, 5.41) is 64.3. The quantitative estimate of drug-likeness (QED) is 0.212. The number of cyclic esters (lactones) is 1. The second kappa shape index (κ2) is 9.73. The van der Waals surface area contributed by atoms with E-state index in [0.29, 0.717) is 25.2 Å². The van der Waals surface area contributed by atoms with Crippen LogP contribution in [0.25, 0.3) is 0 Å². The second-order valence-electron chi connectivity index (χ2n) is 13.6. The minimum absolute atomic E-state index is 0.0543. The number of carbonyl (C=O) groups is 1. The number of aliphatic hydroxyl groups is 6. The lowest BCUT2D eigenvalue weighted by atomic mass is 9.42. The minimum Gasteiger partial charge on any atom is -0.458 e. The average molecular weight is 553 g/mol. The van der Waals surface area contributed by atoms with Crippen molar-refractivity contribution in [2.24, 2.45) is 34.5 Å². The van der Waals surface area contributed by atoms with Crippen LogP contribution in [0.4, 0.5) is 0 Å². The molecular formula is C29H44O10. The summed E-state index contributed by atoms with van der Waals surface area (Å²) in [6.07, 6.45) is 0.134. The van der Waals surface area contributed by atoms with E-state index in [0.717, 1.165) is 37.7 Å². The molecule has 2 heterocycles. The Kier molecular flexibility index (Phi) is 6.99. The predicted octanol–water partition coefficient (Wildman–Crippen LogP) is 0.399. The number of carbonyl (C=O) groups excluding carboxylic acids is 1. The smallest absolute Gasteiger partial charge is 0.331 e. The Bertz CT molecular complexity index is 1000. The molecule has 0 spiro atoms.